The predicted octanol–water partition coefficient (Wildman–Crippen LogP) is 3.72. The minimum absolute atomic E-state index is 0.0452. The smallest absolute Gasteiger partial charge is 0.223 e. The van der Waals surface area contributed by atoms with Crippen molar-refractivity contribution in [1.29, 1.82) is 0 Å². The Morgan fingerprint density at radius 1 is 1.00 bits per heavy atom. The fourth-order valence-electron chi connectivity index (χ4n) is 2.93. The van der Waals surface area contributed by atoms with Crippen LogP contribution in [0.5, 0.6) is 0 Å². The molecule has 0 unspecified atom stereocenters. The SMILES string of the molecule is O=C(C[C@H](c1ccccc1)c1ccc(Cl)cc1)N1CCOCC1. The average molecular weight is 330 g/mol. The lowest BCUT2D eigenvalue weighted by molar-refractivity contribution is -0.135. The fourth-order valence-corrected chi connectivity index (χ4v) is 3.05. The second kappa shape index (κ2) is 7.62. The van der Waals surface area contributed by atoms with Crippen LogP contribution in [0.4, 0.5) is 0 Å². The van der Waals surface area contributed by atoms with Gasteiger partial charge in [0.05, 0.1) is 13.2 Å². The van der Waals surface area contributed by atoms with E-state index in [0.29, 0.717) is 37.7 Å². The number of carbonyl (C=O) groups excluding carboxylic acids is 1. The summed E-state index contributed by atoms with van der Waals surface area (Å²) in [5, 5.41) is 0.708. The van der Waals surface area contributed by atoms with Gasteiger partial charge in [-0.15, -0.1) is 0 Å². The first-order valence-corrected chi connectivity index (χ1v) is 8.28. The lowest BCUT2D eigenvalue weighted by Gasteiger charge is -2.29. The second-order valence-corrected chi connectivity index (χ2v) is 6.15. The Morgan fingerprint density at radius 2 is 1.61 bits per heavy atom. The number of carbonyl (C=O) groups is 1. The molecule has 2 aromatic carbocycles. The first kappa shape index (κ1) is 16.0. The molecular weight excluding hydrogens is 310 g/mol. The lowest BCUT2D eigenvalue weighted by Crippen LogP contribution is -2.41. The van der Waals surface area contributed by atoms with Gasteiger partial charge in [-0.25, -0.2) is 0 Å². The number of hydrogen-bond acceptors (Lipinski definition) is 2. The summed E-state index contributed by atoms with van der Waals surface area (Å²) >= 11 is 6.00. The molecule has 0 N–H and O–H groups in total. The number of hydrogen-bond donors (Lipinski definition) is 0. The summed E-state index contributed by atoms with van der Waals surface area (Å²) in [7, 11) is 0. The van der Waals surface area contributed by atoms with E-state index in [0.717, 1.165) is 11.1 Å². The fraction of sp³-hybridized carbons (Fsp3) is 0.316. The Bertz CT molecular complexity index is 636. The maximum atomic E-state index is 12.7. The maximum absolute atomic E-state index is 12.7. The zero-order valence-electron chi connectivity index (χ0n) is 13.0. The van der Waals surface area contributed by atoms with Crippen LogP contribution in [0.3, 0.4) is 0 Å². The van der Waals surface area contributed by atoms with Crippen molar-refractivity contribution in [2.45, 2.75) is 12.3 Å². The molecule has 1 atom stereocenters. The van der Waals surface area contributed by atoms with Crippen molar-refractivity contribution >= 4 is 17.5 Å². The van der Waals surface area contributed by atoms with Crippen LogP contribution in [0.25, 0.3) is 0 Å². The summed E-state index contributed by atoms with van der Waals surface area (Å²) in [5.41, 5.74) is 2.26. The highest BCUT2D eigenvalue weighted by molar-refractivity contribution is 6.30. The zero-order chi connectivity index (χ0) is 16.1. The molecule has 1 saturated heterocycles. The van der Waals surface area contributed by atoms with Crippen LogP contribution >= 0.6 is 11.6 Å². The van der Waals surface area contributed by atoms with E-state index in [1.807, 2.05) is 47.4 Å². The van der Waals surface area contributed by atoms with E-state index in [-0.39, 0.29) is 11.8 Å². The maximum Gasteiger partial charge on any atom is 0.223 e. The molecule has 1 aliphatic rings. The molecule has 23 heavy (non-hydrogen) atoms. The Kier molecular flexibility index (Phi) is 5.31. The number of nitrogens with zero attached hydrogens (tertiary/aromatic N) is 1. The van der Waals surface area contributed by atoms with Gasteiger partial charge < -0.3 is 9.64 Å². The third kappa shape index (κ3) is 4.12. The molecule has 0 bridgehead atoms. The van der Waals surface area contributed by atoms with Gasteiger partial charge in [-0.2, -0.15) is 0 Å². The normalized spacial score (nSPS) is 16.1. The van der Waals surface area contributed by atoms with Crippen LogP contribution in [0.15, 0.2) is 54.6 Å². The highest BCUT2D eigenvalue weighted by Gasteiger charge is 2.23. The molecule has 3 nitrogen and oxygen atoms in total. The lowest BCUT2D eigenvalue weighted by atomic mass is 9.88. The summed E-state index contributed by atoms with van der Waals surface area (Å²) in [6, 6.07) is 17.9. The largest absolute Gasteiger partial charge is 0.378 e. The summed E-state index contributed by atoms with van der Waals surface area (Å²) in [4.78, 5) is 14.6. The Balaban J connectivity index is 1.83. The molecule has 0 aromatic heterocycles. The van der Waals surface area contributed by atoms with Crippen molar-refractivity contribution in [2.75, 3.05) is 26.3 Å². The Hall–Kier alpha value is -1.84. The van der Waals surface area contributed by atoms with Crippen LogP contribution in [0.2, 0.25) is 5.02 Å². The first-order chi connectivity index (χ1) is 11.2. The minimum atomic E-state index is 0.0452. The molecule has 0 spiro atoms. The number of benzene rings is 2. The number of amides is 1. The first-order valence-electron chi connectivity index (χ1n) is 7.90. The third-order valence-corrected chi connectivity index (χ3v) is 4.47. The summed E-state index contributed by atoms with van der Waals surface area (Å²) in [6.45, 7) is 2.62. The van der Waals surface area contributed by atoms with Crippen molar-refractivity contribution in [3.05, 3.63) is 70.7 Å². The van der Waals surface area contributed by atoms with Crippen molar-refractivity contribution < 1.29 is 9.53 Å². The van der Waals surface area contributed by atoms with E-state index in [4.69, 9.17) is 16.3 Å². The summed E-state index contributed by atoms with van der Waals surface area (Å²) in [6.07, 6.45) is 0.464. The van der Waals surface area contributed by atoms with Crippen LogP contribution < -0.4 is 0 Å². The molecule has 3 rings (SSSR count). The van der Waals surface area contributed by atoms with Crippen molar-refractivity contribution in [1.82, 2.24) is 4.90 Å². The van der Waals surface area contributed by atoms with Gasteiger partial charge in [0, 0.05) is 30.5 Å². The molecule has 4 heteroatoms. The van der Waals surface area contributed by atoms with Gasteiger partial charge in [-0.05, 0) is 23.3 Å². The van der Waals surface area contributed by atoms with Crippen LogP contribution in [-0.2, 0) is 9.53 Å². The van der Waals surface area contributed by atoms with E-state index in [9.17, 15) is 4.79 Å². The van der Waals surface area contributed by atoms with Gasteiger partial charge >= 0.3 is 0 Å². The molecule has 1 heterocycles. The average Bonchev–Trinajstić information content (AvgIpc) is 2.62. The van der Waals surface area contributed by atoms with Gasteiger partial charge in [0.15, 0.2) is 0 Å². The number of rotatable bonds is 4. The van der Waals surface area contributed by atoms with Gasteiger partial charge in [0.2, 0.25) is 5.91 Å². The topological polar surface area (TPSA) is 29.5 Å². The van der Waals surface area contributed by atoms with Gasteiger partial charge in [0.1, 0.15) is 0 Å². The molecule has 0 radical (unpaired) electrons. The number of morpholine rings is 1. The molecule has 1 aliphatic heterocycles. The van der Waals surface area contributed by atoms with E-state index in [1.165, 1.54) is 0 Å². The molecule has 0 aliphatic carbocycles. The van der Waals surface area contributed by atoms with Crippen molar-refractivity contribution in [2.24, 2.45) is 0 Å². The molecule has 1 amide bonds. The number of ether oxygens (including phenoxy) is 1. The molecule has 120 valence electrons. The van der Waals surface area contributed by atoms with Crippen molar-refractivity contribution in [3.63, 3.8) is 0 Å². The summed E-state index contributed by atoms with van der Waals surface area (Å²) in [5.74, 6) is 0.223. The van der Waals surface area contributed by atoms with Gasteiger partial charge in [0.25, 0.3) is 0 Å². The van der Waals surface area contributed by atoms with E-state index in [1.54, 1.807) is 0 Å². The van der Waals surface area contributed by atoms with Crippen LogP contribution in [0, 0.1) is 0 Å². The van der Waals surface area contributed by atoms with Gasteiger partial charge in [-0.3, -0.25) is 4.79 Å². The molecule has 0 saturated carbocycles. The highest BCUT2D eigenvalue weighted by Crippen LogP contribution is 2.29. The predicted molar refractivity (Wildman–Crippen MR) is 91.8 cm³/mol. The summed E-state index contributed by atoms with van der Waals surface area (Å²) < 4.78 is 5.33. The minimum Gasteiger partial charge on any atom is -0.378 e. The van der Waals surface area contributed by atoms with Crippen molar-refractivity contribution in [3.8, 4) is 0 Å². The van der Waals surface area contributed by atoms with E-state index in [2.05, 4.69) is 12.1 Å². The zero-order valence-corrected chi connectivity index (χ0v) is 13.7. The third-order valence-electron chi connectivity index (χ3n) is 4.22. The second-order valence-electron chi connectivity index (χ2n) is 5.71. The molecular formula is C19H20ClNO2. The standard InChI is InChI=1S/C19H20ClNO2/c20-17-8-6-16(7-9-17)18(15-4-2-1-3-5-15)14-19(22)21-10-12-23-13-11-21/h1-9,18H,10-14H2/t18-/m1/s1. The molecule has 2 aromatic rings. The van der Waals surface area contributed by atoms with Crippen LogP contribution in [0.1, 0.15) is 23.5 Å². The van der Waals surface area contributed by atoms with E-state index >= 15 is 0 Å². The van der Waals surface area contributed by atoms with Crippen LogP contribution in [-0.4, -0.2) is 37.1 Å². The molecule has 1 fully saturated rings. The highest BCUT2D eigenvalue weighted by atomic mass is 35.5. The quantitative estimate of drug-likeness (QED) is 0.855. The Labute approximate surface area is 141 Å². The van der Waals surface area contributed by atoms with E-state index < -0.39 is 0 Å². The number of halogens is 1. The Morgan fingerprint density at radius 3 is 2.26 bits per heavy atom. The monoisotopic (exact) mass is 329 g/mol. The van der Waals surface area contributed by atoms with Gasteiger partial charge in [-0.1, -0.05) is 54.1 Å².